The van der Waals surface area contributed by atoms with Gasteiger partial charge in [-0.05, 0) is 31.6 Å². The summed E-state index contributed by atoms with van der Waals surface area (Å²) in [5.41, 5.74) is 1.08. The van der Waals surface area contributed by atoms with Gasteiger partial charge in [0.1, 0.15) is 5.82 Å². The lowest BCUT2D eigenvalue weighted by atomic mass is 10.1. The lowest BCUT2D eigenvalue weighted by molar-refractivity contribution is 0.529. The van der Waals surface area contributed by atoms with E-state index in [1.807, 2.05) is 12.4 Å². The van der Waals surface area contributed by atoms with Gasteiger partial charge in [0.25, 0.3) is 0 Å². The van der Waals surface area contributed by atoms with Crippen LogP contribution in [-0.4, -0.2) is 28.6 Å². The van der Waals surface area contributed by atoms with Crippen LogP contribution in [0.2, 0.25) is 0 Å². The van der Waals surface area contributed by atoms with Gasteiger partial charge in [-0.25, -0.2) is 4.98 Å². The van der Waals surface area contributed by atoms with Crippen molar-refractivity contribution in [1.29, 1.82) is 0 Å². The van der Waals surface area contributed by atoms with Crippen molar-refractivity contribution in [2.24, 2.45) is 5.92 Å². The first-order chi connectivity index (χ1) is 10.2. The van der Waals surface area contributed by atoms with E-state index in [2.05, 4.69) is 29.0 Å². The molecule has 0 radical (unpaired) electrons. The third kappa shape index (κ3) is 4.16. The Morgan fingerprint density at radius 1 is 1.19 bits per heavy atom. The third-order valence-corrected chi connectivity index (χ3v) is 4.44. The smallest absolute Gasteiger partial charge is 0.147 e. The van der Waals surface area contributed by atoms with Gasteiger partial charge in [0, 0.05) is 31.4 Å². The highest BCUT2D eigenvalue weighted by Gasteiger charge is 2.25. The molecule has 0 aromatic carbocycles. The van der Waals surface area contributed by atoms with Crippen molar-refractivity contribution >= 4 is 5.82 Å². The van der Waals surface area contributed by atoms with Crippen molar-refractivity contribution in [3.05, 3.63) is 18.1 Å². The molecule has 1 heterocycles. The zero-order chi connectivity index (χ0) is 14.7. The summed E-state index contributed by atoms with van der Waals surface area (Å²) in [6, 6.07) is 1.38. The Bertz CT molecular complexity index is 450. The number of hydrogen-bond donors (Lipinski definition) is 1. The minimum absolute atomic E-state index is 0.653. The zero-order valence-corrected chi connectivity index (χ0v) is 13.4. The quantitative estimate of drug-likeness (QED) is 0.837. The molecule has 2 aliphatic rings. The molecule has 4 heteroatoms. The second-order valence-corrected chi connectivity index (χ2v) is 7.01. The molecule has 0 amide bonds. The van der Waals surface area contributed by atoms with Gasteiger partial charge in [0.2, 0.25) is 0 Å². The first-order valence-corrected chi connectivity index (χ1v) is 8.53. The summed E-state index contributed by atoms with van der Waals surface area (Å²) in [6.07, 6.45) is 11.8. The summed E-state index contributed by atoms with van der Waals surface area (Å²) < 4.78 is 0. The second kappa shape index (κ2) is 6.73. The van der Waals surface area contributed by atoms with Crippen LogP contribution >= 0.6 is 0 Å². The highest BCUT2D eigenvalue weighted by atomic mass is 15.2. The van der Waals surface area contributed by atoms with E-state index in [4.69, 9.17) is 4.98 Å². The minimum atomic E-state index is 0.653. The van der Waals surface area contributed by atoms with E-state index in [0.717, 1.165) is 30.6 Å². The molecule has 2 saturated carbocycles. The molecule has 3 rings (SSSR count). The topological polar surface area (TPSA) is 41.1 Å². The summed E-state index contributed by atoms with van der Waals surface area (Å²) >= 11 is 0. The molecular weight excluding hydrogens is 260 g/mol. The van der Waals surface area contributed by atoms with Crippen molar-refractivity contribution in [1.82, 2.24) is 15.3 Å². The maximum absolute atomic E-state index is 4.87. The monoisotopic (exact) mass is 288 g/mol. The van der Waals surface area contributed by atoms with Crippen LogP contribution in [0.25, 0.3) is 0 Å². The van der Waals surface area contributed by atoms with Crippen molar-refractivity contribution in [3.8, 4) is 0 Å². The van der Waals surface area contributed by atoms with Gasteiger partial charge in [0.05, 0.1) is 11.9 Å². The maximum atomic E-state index is 4.87. The summed E-state index contributed by atoms with van der Waals surface area (Å²) in [4.78, 5) is 11.8. The van der Waals surface area contributed by atoms with E-state index < -0.39 is 0 Å². The van der Waals surface area contributed by atoms with Crippen LogP contribution in [-0.2, 0) is 6.54 Å². The first-order valence-electron chi connectivity index (χ1n) is 8.53. The number of aromatic nitrogens is 2. The Balaban J connectivity index is 1.71. The molecule has 0 unspecified atom stereocenters. The molecule has 1 N–H and O–H groups in total. The zero-order valence-electron chi connectivity index (χ0n) is 13.4. The van der Waals surface area contributed by atoms with Crippen LogP contribution in [0.1, 0.15) is 58.1 Å². The molecule has 1 aromatic heterocycles. The number of anilines is 1. The fraction of sp³-hybridized carbons (Fsp3) is 0.765. The molecule has 0 atom stereocenters. The fourth-order valence-electron chi connectivity index (χ4n) is 3.19. The molecule has 1 aromatic rings. The Kier molecular flexibility index (Phi) is 4.73. The fourth-order valence-corrected chi connectivity index (χ4v) is 3.19. The predicted molar refractivity (Wildman–Crippen MR) is 86.3 cm³/mol. The van der Waals surface area contributed by atoms with E-state index in [9.17, 15) is 0 Å². The predicted octanol–water partition coefficient (Wildman–Crippen LogP) is 3.13. The third-order valence-electron chi connectivity index (χ3n) is 4.44. The Morgan fingerprint density at radius 3 is 2.62 bits per heavy atom. The Morgan fingerprint density at radius 2 is 1.95 bits per heavy atom. The normalized spacial score (nSPS) is 19.4. The lowest BCUT2D eigenvalue weighted by Crippen LogP contribution is -2.37. The lowest BCUT2D eigenvalue weighted by Gasteiger charge is -2.31. The molecular formula is C17H28N4. The molecule has 4 nitrogen and oxygen atoms in total. The molecule has 21 heavy (non-hydrogen) atoms. The molecule has 116 valence electrons. The first kappa shape index (κ1) is 14.8. The van der Waals surface area contributed by atoms with Crippen molar-refractivity contribution in [2.75, 3.05) is 11.4 Å². The summed E-state index contributed by atoms with van der Waals surface area (Å²) in [5, 5.41) is 3.53. The molecule has 0 saturated heterocycles. The van der Waals surface area contributed by atoms with Crippen molar-refractivity contribution in [3.63, 3.8) is 0 Å². The number of nitrogens with zero attached hydrogens (tertiary/aromatic N) is 3. The van der Waals surface area contributed by atoms with Gasteiger partial charge in [-0.1, -0.05) is 26.7 Å². The maximum Gasteiger partial charge on any atom is 0.147 e. The van der Waals surface area contributed by atoms with E-state index in [1.165, 1.54) is 38.5 Å². The van der Waals surface area contributed by atoms with Gasteiger partial charge in [-0.3, -0.25) is 4.98 Å². The van der Waals surface area contributed by atoms with Crippen LogP contribution in [0.15, 0.2) is 12.4 Å². The van der Waals surface area contributed by atoms with Crippen LogP contribution in [0, 0.1) is 5.92 Å². The van der Waals surface area contributed by atoms with Crippen LogP contribution in [0.3, 0.4) is 0 Å². The van der Waals surface area contributed by atoms with Crippen LogP contribution in [0.4, 0.5) is 5.82 Å². The average molecular weight is 288 g/mol. The summed E-state index contributed by atoms with van der Waals surface area (Å²) in [6.45, 7) is 6.51. The Labute approximate surface area is 128 Å². The summed E-state index contributed by atoms with van der Waals surface area (Å²) in [7, 11) is 0. The highest BCUT2D eigenvalue weighted by Crippen LogP contribution is 2.28. The number of hydrogen-bond acceptors (Lipinski definition) is 4. The van der Waals surface area contributed by atoms with Gasteiger partial charge in [-0.15, -0.1) is 0 Å². The summed E-state index contributed by atoms with van der Waals surface area (Å²) in [5.74, 6) is 1.73. The number of rotatable bonds is 7. The highest BCUT2D eigenvalue weighted by molar-refractivity contribution is 5.38. The molecule has 0 bridgehead atoms. The second-order valence-electron chi connectivity index (χ2n) is 7.01. The van der Waals surface area contributed by atoms with Crippen LogP contribution < -0.4 is 10.2 Å². The van der Waals surface area contributed by atoms with Gasteiger partial charge in [-0.2, -0.15) is 0 Å². The van der Waals surface area contributed by atoms with Crippen molar-refractivity contribution in [2.45, 2.75) is 71.0 Å². The SMILES string of the molecule is CC(C)CN(c1cncc(CNC2CC2)n1)C1CCCC1. The Hall–Kier alpha value is -1.16. The standard InChI is InChI=1S/C17H28N4/c1-13(2)12-21(16-5-3-4-6-16)17-11-18-9-15(20-17)10-19-14-7-8-14/h9,11,13-14,16,19H,3-8,10,12H2,1-2H3. The average Bonchev–Trinajstić information content (AvgIpc) is 3.15. The van der Waals surface area contributed by atoms with E-state index in [0.29, 0.717) is 12.0 Å². The van der Waals surface area contributed by atoms with E-state index in [-0.39, 0.29) is 0 Å². The molecule has 0 spiro atoms. The van der Waals surface area contributed by atoms with Crippen LogP contribution in [0.5, 0.6) is 0 Å². The van der Waals surface area contributed by atoms with Crippen molar-refractivity contribution < 1.29 is 0 Å². The molecule has 2 fully saturated rings. The largest absolute Gasteiger partial charge is 0.352 e. The minimum Gasteiger partial charge on any atom is -0.352 e. The van der Waals surface area contributed by atoms with Gasteiger partial charge >= 0.3 is 0 Å². The number of nitrogens with one attached hydrogen (secondary N) is 1. The van der Waals surface area contributed by atoms with E-state index >= 15 is 0 Å². The van der Waals surface area contributed by atoms with Gasteiger partial charge in [0.15, 0.2) is 0 Å². The molecule has 2 aliphatic carbocycles. The van der Waals surface area contributed by atoms with Gasteiger partial charge < -0.3 is 10.2 Å². The van der Waals surface area contributed by atoms with E-state index in [1.54, 1.807) is 0 Å². The molecule has 0 aliphatic heterocycles.